The smallest absolute Gasteiger partial charge is 1.00 e. The van der Waals surface area contributed by atoms with Crippen LogP contribution in [0.2, 0.25) is 0 Å². The van der Waals surface area contributed by atoms with Crippen molar-refractivity contribution in [2.45, 2.75) is 26.7 Å². The first kappa shape index (κ1) is 12.0. The number of rotatable bonds is 3. The average molecular weight is 240 g/mol. The molecule has 0 bridgehead atoms. The van der Waals surface area contributed by atoms with Crippen LogP contribution >= 0.6 is 0 Å². The summed E-state index contributed by atoms with van der Waals surface area (Å²) in [5, 5.41) is 0. The molecule has 0 aliphatic rings. The summed E-state index contributed by atoms with van der Waals surface area (Å²) in [5.74, 6) is 0.269. The van der Waals surface area contributed by atoms with Crippen LogP contribution in [0.5, 0.6) is 0 Å². The van der Waals surface area contributed by atoms with Crippen molar-refractivity contribution in [1.29, 1.82) is 0 Å². The minimum Gasteiger partial charge on any atom is -1.00 e. The first-order valence-electron chi connectivity index (χ1n) is 2.76. The molecule has 2 heteroatoms. The van der Waals surface area contributed by atoms with Crippen LogP contribution in [0, 0.1) is 5.92 Å². The van der Waals surface area contributed by atoms with Gasteiger partial charge in [0.15, 0.2) is 0 Å². The Kier molecular flexibility index (Phi) is 12.3. The summed E-state index contributed by atoms with van der Waals surface area (Å²) < 4.78 is 0. The summed E-state index contributed by atoms with van der Waals surface area (Å²) in [6.45, 7) is 4.02. The number of carbonyl (C=O) groups excluding carboxylic acids is 1. The molecular formula is C6H14BaO. The zero-order valence-electron chi connectivity index (χ0n) is 7.68. The number of hydrogen-bond donors (Lipinski definition) is 0. The van der Waals surface area contributed by atoms with E-state index < -0.39 is 0 Å². The molecule has 46 valence electrons. The molecule has 1 atom stereocenters. The Morgan fingerprint density at radius 2 is 2.25 bits per heavy atom. The van der Waals surface area contributed by atoms with Gasteiger partial charge in [0, 0.05) is 5.92 Å². The standard InChI is InChI=1S/C6H12O.Ba.2H/c1-3-4-6(2)5-7;;;/h5-6H,3-4H2,1-2H3;;;/q;+2;2*-1. The van der Waals surface area contributed by atoms with Gasteiger partial charge in [-0.1, -0.05) is 20.3 Å². The van der Waals surface area contributed by atoms with E-state index in [1.54, 1.807) is 0 Å². The van der Waals surface area contributed by atoms with Crippen molar-refractivity contribution in [3.8, 4) is 0 Å². The third-order valence-electron chi connectivity index (χ3n) is 0.976. The van der Waals surface area contributed by atoms with E-state index in [9.17, 15) is 4.79 Å². The molecule has 0 aromatic heterocycles. The molecule has 0 fully saturated rings. The fourth-order valence-corrected chi connectivity index (χ4v) is 0.523. The van der Waals surface area contributed by atoms with Gasteiger partial charge in [0.1, 0.15) is 6.29 Å². The number of hydrogen-bond acceptors (Lipinski definition) is 1. The normalized spacial score (nSPS) is 11.8. The third-order valence-corrected chi connectivity index (χ3v) is 0.976. The molecule has 0 aromatic rings. The van der Waals surface area contributed by atoms with Crippen molar-refractivity contribution in [3.63, 3.8) is 0 Å². The zero-order chi connectivity index (χ0) is 5.70. The molecule has 1 unspecified atom stereocenters. The summed E-state index contributed by atoms with van der Waals surface area (Å²) in [6, 6.07) is 0. The summed E-state index contributed by atoms with van der Waals surface area (Å²) in [4.78, 5) is 9.89. The van der Waals surface area contributed by atoms with Gasteiger partial charge in [-0.2, -0.15) is 0 Å². The minimum absolute atomic E-state index is 0. The van der Waals surface area contributed by atoms with Crippen molar-refractivity contribution in [1.82, 2.24) is 0 Å². The van der Waals surface area contributed by atoms with Crippen molar-refractivity contribution < 1.29 is 7.65 Å². The van der Waals surface area contributed by atoms with Crippen molar-refractivity contribution >= 4 is 55.2 Å². The van der Waals surface area contributed by atoms with Crippen LogP contribution < -0.4 is 0 Å². The van der Waals surface area contributed by atoms with Crippen LogP contribution in [-0.2, 0) is 4.79 Å². The van der Waals surface area contributed by atoms with Gasteiger partial charge in [0.05, 0.1) is 0 Å². The fourth-order valence-electron chi connectivity index (χ4n) is 0.523. The molecule has 0 saturated heterocycles. The second-order valence-electron chi connectivity index (χ2n) is 1.90. The van der Waals surface area contributed by atoms with E-state index in [2.05, 4.69) is 6.92 Å². The Balaban J connectivity index is -0.0000000600. The second-order valence-corrected chi connectivity index (χ2v) is 1.90. The molecule has 0 aromatic carbocycles. The minimum atomic E-state index is 0. The number of aldehydes is 1. The van der Waals surface area contributed by atoms with Crippen LogP contribution in [0.1, 0.15) is 29.5 Å². The molecule has 0 radical (unpaired) electrons. The van der Waals surface area contributed by atoms with Gasteiger partial charge in [-0.05, 0) is 6.42 Å². The molecule has 0 heterocycles. The van der Waals surface area contributed by atoms with Gasteiger partial charge >= 0.3 is 48.9 Å². The SMILES string of the molecule is CCCC(C)C=O.[Ba+2].[H-].[H-]. The van der Waals surface area contributed by atoms with E-state index in [1.165, 1.54) is 0 Å². The monoisotopic (exact) mass is 240 g/mol. The van der Waals surface area contributed by atoms with Gasteiger partial charge in [0.2, 0.25) is 0 Å². The average Bonchev–Trinajstić information content (AvgIpc) is 1.68. The van der Waals surface area contributed by atoms with E-state index in [4.69, 9.17) is 0 Å². The van der Waals surface area contributed by atoms with Gasteiger partial charge in [-0.15, -0.1) is 0 Å². The first-order valence-corrected chi connectivity index (χ1v) is 2.76. The Labute approximate surface area is 94.3 Å². The van der Waals surface area contributed by atoms with Crippen LogP contribution in [0.4, 0.5) is 0 Å². The van der Waals surface area contributed by atoms with Gasteiger partial charge in [0.25, 0.3) is 0 Å². The molecule has 0 spiro atoms. The predicted octanol–water partition coefficient (Wildman–Crippen LogP) is 1.47. The van der Waals surface area contributed by atoms with Crippen molar-refractivity contribution in [3.05, 3.63) is 0 Å². The van der Waals surface area contributed by atoms with Crippen LogP contribution in [-0.4, -0.2) is 55.2 Å². The van der Waals surface area contributed by atoms with E-state index in [0.29, 0.717) is 0 Å². The summed E-state index contributed by atoms with van der Waals surface area (Å²) in [6.07, 6.45) is 3.15. The topological polar surface area (TPSA) is 17.1 Å². The summed E-state index contributed by atoms with van der Waals surface area (Å²) in [5.41, 5.74) is 0. The fraction of sp³-hybridized carbons (Fsp3) is 0.833. The molecule has 0 rings (SSSR count). The Bertz CT molecular complexity index is 61.7. The van der Waals surface area contributed by atoms with Gasteiger partial charge in [-0.25, -0.2) is 0 Å². The van der Waals surface area contributed by atoms with Crippen LogP contribution in [0.15, 0.2) is 0 Å². The molecule has 0 N–H and O–H groups in total. The Morgan fingerprint density at radius 3 is 2.38 bits per heavy atom. The second kappa shape index (κ2) is 8.24. The Hall–Kier alpha value is 1.24. The molecule has 0 saturated carbocycles. The molecule has 0 aliphatic carbocycles. The van der Waals surface area contributed by atoms with Crippen LogP contribution in [0.3, 0.4) is 0 Å². The quantitative estimate of drug-likeness (QED) is 0.538. The van der Waals surface area contributed by atoms with Crippen LogP contribution in [0.25, 0.3) is 0 Å². The maximum atomic E-state index is 9.89. The molecule has 8 heavy (non-hydrogen) atoms. The Morgan fingerprint density at radius 1 is 1.75 bits per heavy atom. The molecule has 0 aliphatic heterocycles. The predicted molar refractivity (Wildman–Crippen MR) is 38.1 cm³/mol. The van der Waals surface area contributed by atoms with E-state index >= 15 is 0 Å². The summed E-state index contributed by atoms with van der Waals surface area (Å²) in [7, 11) is 0. The van der Waals surface area contributed by atoms with E-state index in [0.717, 1.165) is 19.1 Å². The van der Waals surface area contributed by atoms with E-state index in [1.807, 2.05) is 6.92 Å². The first-order chi connectivity index (χ1) is 3.31. The van der Waals surface area contributed by atoms with Crippen molar-refractivity contribution in [2.75, 3.05) is 0 Å². The number of carbonyl (C=O) groups is 1. The zero-order valence-corrected chi connectivity index (χ0v) is 10.1. The van der Waals surface area contributed by atoms with Crippen molar-refractivity contribution in [2.24, 2.45) is 5.92 Å². The van der Waals surface area contributed by atoms with E-state index in [-0.39, 0.29) is 57.7 Å². The maximum Gasteiger partial charge on any atom is 2.00 e. The van der Waals surface area contributed by atoms with Gasteiger partial charge < -0.3 is 7.65 Å². The third kappa shape index (κ3) is 7.24. The summed E-state index contributed by atoms with van der Waals surface area (Å²) >= 11 is 0. The van der Waals surface area contributed by atoms with Gasteiger partial charge in [-0.3, -0.25) is 0 Å². The molecule has 1 nitrogen and oxygen atoms in total. The largest absolute Gasteiger partial charge is 2.00 e. The maximum absolute atomic E-state index is 9.89. The molecule has 0 amide bonds. The molecular weight excluding hydrogens is 225 g/mol.